The maximum Gasteiger partial charge on any atom is 0.127 e. The normalized spacial score (nSPS) is 9.92. The average molecular weight is 166 g/mol. The van der Waals surface area contributed by atoms with E-state index in [2.05, 4.69) is 10.4 Å². The Morgan fingerprint density at radius 2 is 2.25 bits per heavy atom. The molecule has 0 unspecified atom stereocenters. The maximum absolute atomic E-state index is 5.17. The summed E-state index contributed by atoms with van der Waals surface area (Å²) in [6.45, 7) is 0.653. The third-order valence-electron chi connectivity index (χ3n) is 1.57. The van der Waals surface area contributed by atoms with Crippen molar-refractivity contribution in [1.82, 2.24) is 10.4 Å². The summed E-state index contributed by atoms with van der Waals surface area (Å²) in [7, 11) is 3.92. The number of pyridine rings is 1. The summed E-state index contributed by atoms with van der Waals surface area (Å²) in [5, 5.41) is 0. The number of nitrogens with one attached hydrogen (secondary N) is 1. The van der Waals surface area contributed by atoms with Gasteiger partial charge in [0.25, 0.3) is 0 Å². The van der Waals surface area contributed by atoms with Crippen molar-refractivity contribution in [3.8, 4) is 0 Å². The van der Waals surface area contributed by atoms with E-state index in [0.29, 0.717) is 6.54 Å². The molecule has 4 nitrogen and oxygen atoms in total. The highest BCUT2D eigenvalue weighted by Crippen LogP contribution is 2.06. The second-order valence-electron chi connectivity index (χ2n) is 2.80. The van der Waals surface area contributed by atoms with E-state index in [0.717, 1.165) is 11.4 Å². The molecule has 1 heterocycles. The van der Waals surface area contributed by atoms with Crippen molar-refractivity contribution in [3.63, 3.8) is 0 Å². The Hall–Kier alpha value is -1.13. The lowest BCUT2D eigenvalue weighted by molar-refractivity contribution is 0.738. The molecule has 0 radical (unpaired) electrons. The summed E-state index contributed by atoms with van der Waals surface area (Å²) >= 11 is 0. The first-order valence-electron chi connectivity index (χ1n) is 3.79. The first-order valence-corrected chi connectivity index (χ1v) is 3.79. The summed E-state index contributed by atoms with van der Waals surface area (Å²) in [5.74, 6) is 6.12. The molecule has 4 heteroatoms. The van der Waals surface area contributed by atoms with Crippen LogP contribution in [-0.4, -0.2) is 19.1 Å². The molecule has 0 fully saturated rings. The Kier molecular flexibility index (Phi) is 3.01. The molecule has 66 valence electrons. The number of anilines is 1. The second-order valence-corrected chi connectivity index (χ2v) is 2.80. The SMILES string of the molecule is CN(C)c1ccc(CNN)cn1. The quantitative estimate of drug-likeness (QED) is 0.494. The number of hydrogen-bond acceptors (Lipinski definition) is 4. The molecule has 1 rings (SSSR count). The van der Waals surface area contributed by atoms with Gasteiger partial charge in [0.15, 0.2) is 0 Å². The van der Waals surface area contributed by atoms with Gasteiger partial charge in [0.2, 0.25) is 0 Å². The van der Waals surface area contributed by atoms with Crippen molar-refractivity contribution >= 4 is 5.82 Å². The van der Waals surface area contributed by atoms with Crippen LogP contribution in [0.2, 0.25) is 0 Å². The molecule has 1 aromatic heterocycles. The minimum absolute atomic E-state index is 0.653. The van der Waals surface area contributed by atoms with Gasteiger partial charge >= 0.3 is 0 Å². The van der Waals surface area contributed by atoms with Crippen LogP contribution in [0.15, 0.2) is 18.3 Å². The fraction of sp³-hybridized carbons (Fsp3) is 0.375. The van der Waals surface area contributed by atoms with E-state index in [1.54, 1.807) is 0 Å². The van der Waals surface area contributed by atoms with Gasteiger partial charge in [-0.05, 0) is 11.6 Å². The van der Waals surface area contributed by atoms with Gasteiger partial charge in [-0.25, -0.2) is 4.98 Å². The number of hydrogen-bond donors (Lipinski definition) is 2. The second kappa shape index (κ2) is 4.04. The summed E-state index contributed by atoms with van der Waals surface area (Å²) in [6, 6.07) is 3.97. The molecule has 0 amide bonds. The van der Waals surface area contributed by atoms with E-state index in [1.807, 2.05) is 37.3 Å². The van der Waals surface area contributed by atoms with Gasteiger partial charge < -0.3 is 4.90 Å². The molecule has 0 bridgehead atoms. The topological polar surface area (TPSA) is 54.2 Å². The van der Waals surface area contributed by atoms with Gasteiger partial charge in [0.05, 0.1) is 0 Å². The molecule has 0 aliphatic heterocycles. The van der Waals surface area contributed by atoms with Gasteiger partial charge in [-0.3, -0.25) is 11.3 Å². The van der Waals surface area contributed by atoms with Crippen molar-refractivity contribution < 1.29 is 0 Å². The lowest BCUT2D eigenvalue weighted by Crippen LogP contribution is -2.21. The lowest BCUT2D eigenvalue weighted by Gasteiger charge is -2.10. The van der Waals surface area contributed by atoms with Crippen molar-refractivity contribution in [3.05, 3.63) is 23.9 Å². The standard InChI is InChI=1S/C8H14N4/c1-12(2)8-4-3-7(5-10-8)6-11-9/h3-5,11H,6,9H2,1-2H3. The Labute approximate surface area is 72.4 Å². The number of nitrogens with zero attached hydrogens (tertiary/aromatic N) is 2. The maximum atomic E-state index is 5.17. The third-order valence-corrected chi connectivity index (χ3v) is 1.57. The first kappa shape index (κ1) is 8.96. The summed E-state index contributed by atoms with van der Waals surface area (Å²) in [5.41, 5.74) is 3.67. The van der Waals surface area contributed by atoms with Crippen molar-refractivity contribution in [2.24, 2.45) is 5.84 Å². The van der Waals surface area contributed by atoms with Crippen LogP contribution in [0, 0.1) is 0 Å². The number of rotatable bonds is 3. The van der Waals surface area contributed by atoms with E-state index >= 15 is 0 Å². The first-order chi connectivity index (χ1) is 5.74. The predicted molar refractivity (Wildman–Crippen MR) is 49.6 cm³/mol. The van der Waals surface area contributed by atoms with Gasteiger partial charge in [-0.2, -0.15) is 0 Å². The van der Waals surface area contributed by atoms with E-state index in [4.69, 9.17) is 5.84 Å². The van der Waals surface area contributed by atoms with Gasteiger partial charge in [-0.1, -0.05) is 6.07 Å². The van der Waals surface area contributed by atoms with Gasteiger partial charge in [-0.15, -0.1) is 0 Å². The minimum Gasteiger partial charge on any atom is -0.363 e. The smallest absolute Gasteiger partial charge is 0.127 e. The van der Waals surface area contributed by atoms with Crippen LogP contribution in [0.1, 0.15) is 5.56 Å². The van der Waals surface area contributed by atoms with Crippen molar-refractivity contribution in [2.45, 2.75) is 6.54 Å². The fourth-order valence-electron chi connectivity index (χ4n) is 0.904. The number of nitrogens with two attached hydrogens (primary N) is 1. The molecule has 0 saturated carbocycles. The summed E-state index contributed by atoms with van der Waals surface area (Å²) in [6.07, 6.45) is 1.81. The van der Waals surface area contributed by atoms with Crippen LogP contribution in [0.4, 0.5) is 5.82 Å². The van der Waals surface area contributed by atoms with Crippen LogP contribution in [0.3, 0.4) is 0 Å². The molecule has 0 aromatic carbocycles. The molecule has 12 heavy (non-hydrogen) atoms. The number of aromatic nitrogens is 1. The molecule has 1 aromatic rings. The zero-order valence-corrected chi connectivity index (χ0v) is 7.41. The zero-order chi connectivity index (χ0) is 8.97. The lowest BCUT2D eigenvalue weighted by atomic mass is 10.3. The highest BCUT2D eigenvalue weighted by molar-refractivity contribution is 5.36. The van der Waals surface area contributed by atoms with Crippen molar-refractivity contribution in [1.29, 1.82) is 0 Å². The van der Waals surface area contributed by atoms with Gasteiger partial charge in [0, 0.05) is 26.8 Å². The predicted octanol–water partition coefficient (Wildman–Crippen LogP) is 0.111. The van der Waals surface area contributed by atoms with Crippen LogP contribution in [0.25, 0.3) is 0 Å². The molecule has 0 saturated heterocycles. The Morgan fingerprint density at radius 3 is 2.67 bits per heavy atom. The van der Waals surface area contributed by atoms with Crippen LogP contribution in [-0.2, 0) is 6.54 Å². The minimum atomic E-state index is 0.653. The van der Waals surface area contributed by atoms with Crippen LogP contribution < -0.4 is 16.2 Å². The van der Waals surface area contributed by atoms with E-state index in [1.165, 1.54) is 0 Å². The number of hydrazine groups is 1. The molecular weight excluding hydrogens is 152 g/mol. The van der Waals surface area contributed by atoms with Crippen molar-refractivity contribution in [2.75, 3.05) is 19.0 Å². The van der Waals surface area contributed by atoms with Gasteiger partial charge in [0.1, 0.15) is 5.82 Å². The van der Waals surface area contributed by atoms with Crippen LogP contribution >= 0.6 is 0 Å². The van der Waals surface area contributed by atoms with Crippen LogP contribution in [0.5, 0.6) is 0 Å². The van der Waals surface area contributed by atoms with E-state index in [9.17, 15) is 0 Å². The van der Waals surface area contributed by atoms with E-state index in [-0.39, 0.29) is 0 Å². The third kappa shape index (κ3) is 2.18. The fourth-order valence-corrected chi connectivity index (χ4v) is 0.904. The zero-order valence-electron chi connectivity index (χ0n) is 7.41. The largest absolute Gasteiger partial charge is 0.363 e. The molecule has 0 spiro atoms. The molecule has 0 atom stereocenters. The molecule has 3 N–H and O–H groups in total. The molecule has 0 aliphatic rings. The Balaban J connectivity index is 2.71. The average Bonchev–Trinajstić information content (AvgIpc) is 2.06. The summed E-state index contributed by atoms with van der Waals surface area (Å²) < 4.78 is 0. The highest BCUT2D eigenvalue weighted by atomic mass is 15.2. The Bertz CT molecular complexity index is 229. The highest BCUT2D eigenvalue weighted by Gasteiger charge is 1.95. The Morgan fingerprint density at radius 1 is 1.50 bits per heavy atom. The monoisotopic (exact) mass is 166 g/mol. The molecule has 0 aliphatic carbocycles. The molecular formula is C8H14N4. The van der Waals surface area contributed by atoms with E-state index < -0.39 is 0 Å². The summed E-state index contributed by atoms with van der Waals surface area (Å²) in [4.78, 5) is 6.19.